The van der Waals surface area contributed by atoms with E-state index in [1.165, 1.54) is 0 Å². The van der Waals surface area contributed by atoms with Crippen LogP contribution in [0.15, 0.2) is 55.1 Å². The molecule has 0 radical (unpaired) electrons. The van der Waals surface area contributed by atoms with Crippen molar-refractivity contribution in [2.75, 3.05) is 6.61 Å². The van der Waals surface area contributed by atoms with Crippen LogP contribution in [-0.2, 0) is 4.74 Å². The predicted octanol–water partition coefficient (Wildman–Crippen LogP) is 3.91. The zero-order valence-electron chi connectivity index (χ0n) is 11.9. The highest BCUT2D eigenvalue weighted by Crippen LogP contribution is 2.07. The lowest BCUT2D eigenvalue weighted by molar-refractivity contribution is 0.0526. The first-order valence-corrected chi connectivity index (χ1v) is 6.74. The van der Waals surface area contributed by atoms with Crippen LogP contribution in [0.3, 0.4) is 0 Å². The molecule has 0 aliphatic rings. The maximum atomic E-state index is 11.5. The van der Waals surface area contributed by atoms with Crippen LogP contribution in [0.2, 0.25) is 0 Å². The summed E-state index contributed by atoms with van der Waals surface area (Å²) in [4.78, 5) is 11.5. The molecular weight excluding hydrogens is 260 g/mol. The molecule has 0 aliphatic heterocycles. The van der Waals surface area contributed by atoms with E-state index < -0.39 is 0 Å². The average Bonchev–Trinajstić information content (AvgIpc) is 2.54. The second kappa shape index (κ2) is 7.12. The molecule has 0 unspecified atom stereocenters. The van der Waals surface area contributed by atoms with Crippen LogP contribution in [-0.4, -0.2) is 12.6 Å². The van der Waals surface area contributed by atoms with E-state index >= 15 is 0 Å². The highest BCUT2D eigenvalue weighted by atomic mass is 16.5. The van der Waals surface area contributed by atoms with Gasteiger partial charge in [-0.25, -0.2) is 4.79 Å². The number of hydrogen-bond acceptors (Lipinski definition) is 2. The molecule has 2 aromatic rings. The highest BCUT2D eigenvalue weighted by molar-refractivity contribution is 5.89. The maximum absolute atomic E-state index is 11.5. The van der Waals surface area contributed by atoms with Crippen LogP contribution >= 0.6 is 0 Å². The molecule has 0 spiro atoms. The van der Waals surface area contributed by atoms with Crippen molar-refractivity contribution in [2.24, 2.45) is 0 Å². The summed E-state index contributed by atoms with van der Waals surface area (Å²) in [7, 11) is 0. The standard InChI is InChI=1S/C19H16O2/c1-3-15-5-7-16(8-6-15)9-10-17-11-13-18(14-12-17)19(20)21-4-2/h3,5-8,11-14H,1,4H2,2H3. The summed E-state index contributed by atoms with van der Waals surface area (Å²) in [6.45, 7) is 5.88. The van der Waals surface area contributed by atoms with Crippen molar-refractivity contribution in [3.05, 3.63) is 77.4 Å². The topological polar surface area (TPSA) is 26.3 Å². The van der Waals surface area contributed by atoms with Gasteiger partial charge < -0.3 is 4.74 Å². The third-order valence-electron chi connectivity index (χ3n) is 2.89. The molecule has 2 rings (SSSR count). The van der Waals surface area contributed by atoms with Crippen molar-refractivity contribution < 1.29 is 9.53 Å². The predicted molar refractivity (Wildman–Crippen MR) is 84.9 cm³/mol. The first-order valence-electron chi connectivity index (χ1n) is 6.74. The summed E-state index contributed by atoms with van der Waals surface area (Å²) in [5.74, 6) is 5.85. The Morgan fingerprint density at radius 3 is 2.05 bits per heavy atom. The number of esters is 1. The Balaban J connectivity index is 2.11. The van der Waals surface area contributed by atoms with Gasteiger partial charge in [0.25, 0.3) is 0 Å². The summed E-state index contributed by atoms with van der Waals surface area (Å²) >= 11 is 0. The van der Waals surface area contributed by atoms with E-state index in [0.29, 0.717) is 12.2 Å². The molecule has 0 saturated carbocycles. The SMILES string of the molecule is C=Cc1ccc(C#Cc2ccc(C(=O)OCC)cc2)cc1. The average molecular weight is 276 g/mol. The molecule has 0 aromatic heterocycles. The van der Waals surface area contributed by atoms with E-state index in [1.54, 1.807) is 25.1 Å². The number of hydrogen-bond donors (Lipinski definition) is 0. The van der Waals surface area contributed by atoms with Crippen molar-refractivity contribution in [3.63, 3.8) is 0 Å². The fourth-order valence-corrected chi connectivity index (χ4v) is 1.75. The molecule has 0 amide bonds. The number of carbonyl (C=O) groups is 1. The van der Waals surface area contributed by atoms with Gasteiger partial charge in [0, 0.05) is 11.1 Å². The van der Waals surface area contributed by atoms with Crippen LogP contribution in [0.1, 0.15) is 34.0 Å². The lowest BCUT2D eigenvalue weighted by Crippen LogP contribution is -2.04. The quantitative estimate of drug-likeness (QED) is 0.627. The monoisotopic (exact) mass is 276 g/mol. The third kappa shape index (κ3) is 4.09. The van der Waals surface area contributed by atoms with Gasteiger partial charge in [0.2, 0.25) is 0 Å². The Morgan fingerprint density at radius 1 is 1.05 bits per heavy atom. The Morgan fingerprint density at radius 2 is 1.57 bits per heavy atom. The van der Waals surface area contributed by atoms with Gasteiger partial charge >= 0.3 is 5.97 Å². The molecule has 0 saturated heterocycles. The van der Waals surface area contributed by atoms with Crippen LogP contribution in [0, 0.1) is 11.8 Å². The number of carbonyl (C=O) groups excluding carboxylic acids is 1. The molecule has 0 aliphatic carbocycles. The van der Waals surface area contributed by atoms with E-state index in [2.05, 4.69) is 18.4 Å². The number of benzene rings is 2. The minimum absolute atomic E-state index is 0.308. The van der Waals surface area contributed by atoms with Crippen molar-refractivity contribution in [2.45, 2.75) is 6.92 Å². The van der Waals surface area contributed by atoms with E-state index in [4.69, 9.17) is 4.74 Å². The van der Waals surface area contributed by atoms with Gasteiger partial charge in [-0.2, -0.15) is 0 Å². The second-order valence-corrected chi connectivity index (χ2v) is 4.37. The zero-order chi connectivity index (χ0) is 15.1. The van der Waals surface area contributed by atoms with Crippen LogP contribution in [0.4, 0.5) is 0 Å². The summed E-state index contributed by atoms with van der Waals surface area (Å²) in [6.07, 6.45) is 1.80. The first kappa shape index (κ1) is 14.6. The molecule has 0 heterocycles. The summed E-state index contributed by atoms with van der Waals surface area (Å²) in [5.41, 5.74) is 3.41. The van der Waals surface area contributed by atoms with Gasteiger partial charge in [-0.3, -0.25) is 0 Å². The molecule has 0 fully saturated rings. The van der Waals surface area contributed by atoms with Crippen LogP contribution in [0.25, 0.3) is 6.08 Å². The number of ether oxygens (including phenoxy) is 1. The number of rotatable bonds is 3. The largest absolute Gasteiger partial charge is 0.462 e. The van der Waals surface area contributed by atoms with Crippen LogP contribution in [0.5, 0.6) is 0 Å². The summed E-state index contributed by atoms with van der Waals surface area (Å²) in [6, 6.07) is 14.9. The van der Waals surface area contributed by atoms with Crippen LogP contribution < -0.4 is 0 Å². The van der Waals surface area contributed by atoms with E-state index in [9.17, 15) is 4.79 Å². The van der Waals surface area contributed by atoms with Gasteiger partial charge in [-0.15, -0.1) is 0 Å². The normalized spacial score (nSPS) is 9.38. The molecule has 0 atom stereocenters. The lowest BCUT2D eigenvalue weighted by Gasteiger charge is -2.00. The Hall–Kier alpha value is -2.79. The molecule has 0 N–H and O–H groups in total. The molecule has 2 aromatic carbocycles. The molecule has 0 bridgehead atoms. The third-order valence-corrected chi connectivity index (χ3v) is 2.89. The van der Waals surface area contributed by atoms with Gasteiger partial charge in [-0.1, -0.05) is 36.6 Å². The Bertz CT molecular complexity index is 683. The molecule has 21 heavy (non-hydrogen) atoms. The molecule has 2 heteroatoms. The molecular formula is C19H16O2. The fourth-order valence-electron chi connectivity index (χ4n) is 1.75. The van der Waals surface area contributed by atoms with Crippen molar-refractivity contribution in [1.29, 1.82) is 0 Å². The minimum atomic E-state index is -0.308. The fraction of sp³-hybridized carbons (Fsp3) is 0.105. The Labute approximate surface area is 125 Å². The van der Waals surface area contributed by atoms with E-state index in [0.717, 1.165) is 16.7 Å². The zero-order valence-corrected chi connectivity index (χ0v) is 11.9. The Kier molecular flexibility index (Phi) is 4.95. The van der Waals surface area contributed by atoms with Crippen molar-refractivity contribution in [3.8, 4) is 11.8 Å². The summed E-state index contributed by atoms with van der Waals surface area (Å²) in [5, 5.41) is 0. The van der Waals surface area contributed by atoms with Gasteiger partial charge in [0.05, 0.1) is 12.2 Å². The maximum Gasteiger partial charge on any atom is 0.338 e. The van der Waals surface area contributed by atoms with Gasteiger partial charge in [0.15, 0.2) is 0 Å². The lowest BCUT2D eigenvalue weighted by atomic mass is 10.1. The summed E-state index contributed by atoms with van der Waals surface area (Å²) < 4.78 is 4.94. The smallest absolute Gasteiger partial charge is 0.338 e. The van der Waals surface area contributed by atoms with Crippen molar-refractivity contribution in [1.82, 2.24) is 0 Å². The van der Waals surface area contributed by atoms with Gasteiger partial charge in [-0.05, 0) is 48.9 Å². The molecule has 2 nitrogen and oxygen atoms in total. The second-order valence-electron chi connectivity index (χ2n) is 4.37. The molecule has 104 valence electrons. The minimum Gasteiger partial charge on any atom is -0.462 e. The van der Waals surface area contributed by atoms with E-state index in [-0.39, 0.29) is 5.97 Å². The highest BCUT2D eigenvalue weighted by Gasteiger charge is 2.04. The van der Waals surface area contributed by atoms with E-state index in [1.807, 2.05) is 36.4 Å². The first-order chi connectivity index (χ1) is 10.2. The van der Waals surface area contributed by atoms with Crippen molar-refractivity contribution >= 4 is 12.0 Å². The van der Waals surface area contributed by atoms with Gasteiger partial charge in [0.1, 0.15) is 0 Å².